The van der Waals surface area contributed by atoms with Crippen molar-refractivity contribution in [1.29, 1.82) is 0 Å². The minimum absolute atomic E-state index is 0.146. The minimum Gasteiger partial charge on any atom is -0.444 e. The number of carbonyl (C=O) groups excluding carboxylic acids is 1. The summed E-state index contributed by atoms with van der Waals surface area (Å²) in [5.74, 6) is 1.10. The molecular weight excluding hydrogens is 314 g/mol. The minimum atomic E-state index is -0.534. The summed E-state index contributed by atoms with van der Waals surface area (Å²) in [5.41, 5.74) is 1.88. The van der Waals surface area contributed by atoms with Gasteiger partial charge in [-0.2, -0.15) is 0 Å². The fourth-order valence-electron chi connectivity index (χ4n) is 1.78. The molecule has 1 aromatic heterocycles. The van der Waals surface area contributed by atoms with E-state index in [9.17, 15) is 4.79 Å². The number of amides is 1. The molecule has 0 spiro atoms. The van der Waals surface area contributed by atoms with Crippen LogP contribution < -0.4 is 5.32 Å². The van der Waals surface area contributed by atoms with Crippen molar-refractivity contribution in [3.63, 3.8) is 0 Å². The fraction of sp³-hybridized carbons (Fsp3) is 0.438. The molecule has 0 unspecified atom stereocenters. The molecule has 6 nitrogen and oxygen atoms in total. The summed E-state index contributed by atoms with van der Waals surface area (Å²) in [6.45, 7) is 7.62. The number of hydrogen-bond donors (Lipinski definition) is 1. The zero-order valence-electron chi connectivity index (χ0n) is 13.8. The quantitative estimate of drug-likeness (QED) is 0.840. The maximum atomic E-state index is 11.6. The van der Waals surface area contributed by atoms with Crippen molar-refractivity contribution in [3.8, 4) is 0 Å². The molecule has 0 aliphatic rings. The lowest BCUT2D eigenvalue weighted by atomic mass is 10.2. The van der Waals surface area contributed by atoms with Crippen LogP contribution >= 0.6 is 11.8 Å². The van der Waals surface area contributed by atoms with Crippen molar-refractivity contribution >= 4 is 17.9 Å². The highest BCUT2D eigenvalue weighted by molar-refractivity contribution is 7.98. The Balaban J connectivity index is 1.80. The van der Waals surface area contributed by atoms with Crippen molar-refractivity contribution in [1.82, 2.24) is 15.5 Å². The van der Waals surface area contributed by atoms with Gasteiger partial charge in [-0.05, 0) is 33.3 Å². The molecular formula is C16H21N3O3S. The molecule has 0 bridgehead atoms. The summed E-state index contributed by atoms with van der Waals surface area (Å²) in [4.78, 5) is 11.6. The highest BCUT2D eigenvalue weighted by Crippen LogP contribution is 2.21. The molecule has 0 saturated heterocycles. The first kappa shape index (κ1) is 17.3. The van der Waals surface area contributed by atoms with Crippen LogP contribution in [0.3, 0.4) is 0 Å². The molecule has 1 heterocycles. The first-order valence-electron chi connectivity index (χ1n) is 7.29. The zero-order chi connectivity index (χ0) is 16.9. The van der Waals surface area contributed by atoms with Gasteiger partial charge in [0.25, 0.3) is 5.22 Å². The number of carbonyl (C=O) groups is 1. The monoisotopic (exact) mass is 335 g/mol. The Morgan fingerprint density at radius 1 is 1.35 bits per heavy atom. The van der Waals surface area contributed by atoms with Crippen LogP contribution in [0.2, 0.25) is 0 Å². The summed E-state index contributed by atoms with van der Waals surface area (Å²) in [6.07, 6.45) is -0.510. The van der Waals surface area contributed by atoms with Crippen LogP contribution in [0, 0.1) is 6.92 Å². The number of alkyl carbamates (subject to hydrolysis) is 1. The summed E-state index contributed by atoms with van der Waals surface area (Å²) >= 11 is 1.46. The zero-order valence-corrected chi connectivity index (χ0v) is 14.6. The van der Waals surface area contributed by atoms with Crippen molar-refractivity contribution in [2.24, 2.45) is 0 Å². The van der Waals surface area contributed by atoms with E-state index in [0.29, 0.717) is 11.1 Å². The summed E-state index contributed by atoms with van der Waals surface area (Å²) in [7, 11) is 0. The Morgan fingerprint density at radius 3 is 2.83 bits per heavy atom. The van der Waals surface area contributed by atoms with Crippen LogP contribution in [0.25, 0.3) is 0 Å². The maximum absolute atomic E-state index is 11.6. The predicted octanol–water partition coefficient (Wildman–Crippen LogP) is 3.70. The van der Waals surface area contributed by atoms with Gasteiger partial charge in [0.05, 0.1) is 6.54 Å². The van der Waals surface area contributed by atoms with E-state index in [1.807, 2.05) is 6.07 Å². The maximum Gasteiger partial charge on any atom is 0.408 e. The molecule has 2 rings (SSSR count). The topological polar surface area (TPSA) is 77.2 Å². The largest absolute Gasteiger partial charge is 0.444 e. The number of rotatable bonds is 5. The Kier molecular flexibility index (Phi) is 5.65. The standard InChI is InChI=1S/C16H21N3O3S/c1-11-6-5-7-12(8-11)10-23-15-19-18-13(21-15)9-17-14(20)22-16(2,3)4/h5-8H,9-10H2,1-4H3,(H,17,20). The number of nitrogens with one attached hydrogen (secondary N) is 1. The van der Waals surface area contributed by atoms with Gasteiger partial charge in [0.1, 0.15) is 5.60 Å². The van der Waals surface area contributed by atoms with Crippen LogP contribution in [-0.4, -0.2) is 21.9 Å². The van der Waals surface area contributed by atoms with Gasteiger partial charge in [0, 0.05) is 5.75 Å². The van der Waals surface area contributed by atoms with Crippen LogP contribution in [0.15, 0.2) is 33.9 Å². The van der Waals surface area contributed by atoms with E-state index in [4.69, 9.17) is 9.15 Å². The molecule has 0 saturated carbocycles. The van der Waals surface area contributed by atoms with Gasteiger partial charge in [-0.25, -0.2) is 4.79 Å². The number of aromatic nitrogens is 2. The van der Waals surface area contributed by atoms with Crippen molar-refractivity contribution in [2.75, 3.05) is 0 Å². The summed E-state index contributed by atoms with van der Waals surface area (Å²) in [6, 6.07) is 8.26. The van der Waals surface area contributed by atoms with Gasteiger partial charge in [0.2, 0.25) is 5.89 Å². The number of thioether (sulfide) groups is 1. The van der Waals surface area contributed by atoms with Crippen LogP contribution in [0.5, 0.6) is 0 Å². The molecule has 124 valence electrons. The molecule has 1 amide bonds. The van der Waals surface area contributed by atoms with Crippen LogP contribution in [0.4, 0.5) is 4.79 Å². The molecule has 0 aliphatic heterocycles. The van der Waals surface area contributed by atoms with Gasteiger partial charge in [-0.3, -0.25) is 0 Å². The lowest BCUT2D eigenvalue weighted by Crippen LogP contribution is -2.32. The smallest absolute Gasteiger partial charge is 0.408 e. The lowest BCUT2D eigenvalue weighted by molar-refractivity contribution is 0.0518. The normalized spacial score (nSPS) is 11.3. The third-order valence-corrected chi connectivity index (χ3v) is 3.57. The van der Waals surface area contributed by atoms with Gasteiger partial charge in [0.15, 0.2) is 0 Å². The van der Waals surface area contributed by atoms with E-state index in [0.717, 1.165) is 5.75 Å². The number of hydrogen-bond acceptors (Lipinski definition) is 6. The highest BCUT2D eigenvalue weighted by atomic mass is 32.2. The number of ether oxygens (including phenoxy) is 1. The number of aryl methyl sites for hydroxylation is 1. The first-order chi connectivity index (χ1) is 10.8. The van der Waals surface area contributed by atoms with E-state index in [2.05, 4.69) is 40.6 Å². The number of benzene rings is 1. The summed E-state index contributed by atoms with van der Waals surface area (Å²) < 4.78 is 10.6. The molecule has 0 fully saturated rings. The van der Waals surface area contributed by atoms with E-state index in [-0.39, 0.29) is 6.54 Å². The van der Waals surface area contributed by atoms with E-state index >= 15 is 0 Å². The Bertz CT molecular complexity index is 665. The Labute approximate surface area is 140 Å². The van der Waals surface area contributed by atoms with Crippen LogP contribution in [0.1, 0.15) is 37.8 Å². The molecule has 2 aromatic rings. The van der Waals surface area contributed by atoms with Gasteiger partial charge in [-0.1, -0.05) is 41.6 Å². The third kappa shape index (κ3) is 6.32. The molecule has 0 radical (unpaired) electrons. The average molecular weight is 335 g/mol. The van der Waals surface area contributed by atoms with E-state index < -0.39 is 11.7 Å². The second kappa shape index (κ2) is 7.50. The third-order valence-electron chi connectivity index (χ3n) is 2.68. The van der Waals surface area contributed by atoms with E-state index in [1.165, 1.54) is 22.9 Å². The van der Waals surface area contributed by atoms with Crippen molar-refractivity contribution in [3.05, 3.63) is 41.3 Å². The molecule has 0 atom stereocenters. The Morgan fingerprint density at radius 2 is 2.13 bits per heavy atom. The molecule has 0 aliphatic carbocycles. The lowest BCUT2D eigenvalue weighted by Gasteiger charge is -2.19. The first-order valence-corrected chi connectivity index (χ1v) is 8.28. The molecule has 7 heteroatoms. The van der Waals surface area contributed by atoms with Crippen molar-refractivity contribution in [2.45, 2.75) is 50.8 Å². The fourth-order valence-corrected chi connectivity index (χ4v) is 2.50. The Hall–Kier alpha value is -2.02. The summed E-state index contributed by atoms with van der Waals surface area (Å²) in [5, 5.41) is 10.9. The SMILES string of the molecule is Cc1cccc(CSc2nnc(CNC(=O)OC(C)(C)C)o2)c1. The predicted molar refractivity (Wildman–Crippen MR) is 88.1 cm³/mol. The van der Waals surface area contributed by atoms with Gasteiger partial charge >= 0.3 is 6.09 Å². The van der Waals surface area contributed by atoms with Crippen LogP contribution in [-0.2, 0) is 17.0 Å². The second-order valence-electron chi connectivity index (χ2n) is 6.09. The molecule has 23 heavy (non-hydrogen) atoms. The highest BCUT2D eigenvalue weighted by Gasteiger charge is 2.16. The second-order valence-corrected chi connectivity index (χ2v) is 7.02. The average Bonchev–Trinajstić information content (AvgIpc) is 2.89. The van der Waals surface area contributed by atoms with Crippen molar-refractivity contribution < 1.29 is 13.9 Å². The number of nitrogens with zero attached hydrogens (tertiary/aromatic N) is 2. The van der Waals surface area contributed by atoms with E-state index in [1.54, 1.807) is 20.8 Å². The van der Waals surface area contributed by atoms with Gasteiger partial charge in [-0.15, -0.1) is 10.2 Å². The van der Waals surface area contributed by atoms with Gasteiger partial charge < -0.3 is 14.5 Å². The molecule has 1 aromatic carbocycles. The molecule has 1 N–H and O–H groups in total.